The van der Waals surface area contributed by atoms with Gasteiger partial charge in [0.1, 0.15) is 17.3 Å². The van der Waals surface area contributed by atoms with Gasteiger partial charge in [-0.3, -0.25) is 34.0 Å². The summed E-state index contributed by atoms with van der Waals surface area (Å²) < 4.78 is 47.8. The maximum absolute atomic E-state index is 15.3. The molecule has 4 fully saturated rings. The van der Waals surface area contributed by atoms with E-state index in [4.69, 9.17) is 0 Å². The maximum Gasteiger partial charge on any atom is 0.226 e. The Labute approximate surface area is 343 Å². The molecule has 2 aromatic rings. The van der Waals surface area contributed by atoms with E-state index in [0.29, 0.717) is 53.6 Å². The Morgan fingerprint density at radius 3 is 2.34 bits per heavy atom. The quantitative estimate of drug-likeness (QED) is 0.0672. The van der Waals surface area contributed by atoms with Gasteiger partial charge in [-0.05, 0) is 122 Å². The Balaban J connectivity index is 0.803. The smallest absolute Gasteiger partial charge is 0.226 e. The number of likely N-dealkylation sites (tertiary alicyclic amines) is 1. The summed E-state index contributed by atoms with van der Waals surface area (Å²) in [5.41, 5.74) is 1.77. The van der Waals surface area contributed by atoms with Crippen LogP contribution in [0.3, 0.4) is 0 Å². The third-order valence-corrected chi connectivity index (χ3v) is 14.3. The molecule has 0 aromatic heterocycles. The minimum atomic E-state index is -0.819. The third kappa shape index (κ3) is 8.92. The second-order valence-corrected chi connectivity index (χ2v) is 18.2. The number of aliphatic imine (C=N–C) groups is 2. The van der Waals surface area contributed by atoms with E-state index in [1.165, 1.54) is 12.1 Å². The number of piperidine rings is 3. The molecule has 1 atom stereocenters. The number of nitrogens with zero attached hydrogens (tertiary/aromatic N) is 6. The SMILES string of the molecule is C=N/C(=C(F)\C=N/CNC1CCN(SC2CCN(C3CC4(CCN(c5cc(C(=O)C=O)c(C=O)cc5F)CC4)C3)CC2)CC1)c1cc(F)c2c(c1)N(C(C)C)C(C)N2. The molecular weight excluding hydrogens is 766 g/mol. The number of halogens is 3. The minimum absolute atomic E-state index is 0.0362. The van der Waals surface area contributed by atoms with Crippen molar-refractivity contribution in [1.82, 2.24) is 14.5 Å². The highest BCUT2D eigenvalue weighted by molar-refractivity contribution is 7.97. The van der Waals surface area contributed by atoms with Gasteiger partial charge in [-0.2, -0.15) is 0 Å². The van der Waals surface area contributed by atoms with Gasteiger partial charge in [0.25, 0.3) is 0 Å². The van der Waals surface area contributed by atoms with Gasteiger partial charge in [-0.15, -0.1) is 0 Å². The number of carbonyl (C=O) groups excluding carboxylic acids is 3. The van der Waals surface area contributed by atoms with Gasteiger partial charge < -0.3 is 20.0 Å². The van der Waals surface area contributed by atoms with Gasteiger partial charge in [-0.25, -0.2) is 13.2 Å². The van der Waals surface area contributed by atoms with Crippen molar-refractivity contribution in [3.63, 3.8) is 0 Å². The molecule has 15 heteroatoms. The monoisotopic (exact) mass is 820 g/mol. The Hall–Kier alpha value is -4.05. The highest BCUT2D eigenvalue weighted by atomic mass is 32.2. The molecule has 1 spiro atoms. The highest BCUT2D eigenvalue weighted by Crippen LogP contribution is 2.52. The fourth-order valence-corrected chi connectivity index (χ4v) is 11.0. The zero-order valence-electron chi connectivity index (χ0n) is 33.7. The lowest BCUT2D eigenvalue weighted by Crippen LogP contribution is -2.56. The second kappa shape index (κ2) is 18.1. The van der Waals surface area contributed by atoms with Crippen LogP contribution in [0.4, 0.5) is 30.2 Å². The summed E-state index contributed by atoms with van der Waals surface area (Å²) in [6.45, 7) is 15.4. The van der Waals surface area contributed by atoms with Crippen LogP contribution in [-0.4, -0.2) is 116 Å². The van der Waals surface area contributed by atoms with E-state index in [1.54, 1.807) is 6.07 Å². The molecule has 0 bridgehead atoms. The van der Waals surface area contributed by atoms with E-state index >= 15 is 8.78 Å². The summed E-state index contributed by atoms with van der Waals surface area (Å²) in [7, 11) is 0. The van der Waals surface area contributed by atoms with Crippen molar-refractivity contribution >= 4 is 66.0 Å². The summed E-state index contributed by atoms with van der Waals surface area (Å²) in [6.07, 6.45) is 10.2. The number of carbonyl (C=O) groups is 3. The molecule has 0 radical (unpaired) electrons. The average Bonchev–Trinajstić information content (AvgIpc) is 3.56. The number of rotatable bonds is 14. The van der Waals surface area contributed by atoms with Crippen LogP contribution in [-0.2, 0) is 4.79 Å². The van der Waals surface area contributed by atoms with Crippen molar-refractivity contribution in [3.8, 4) is 0 Å². The molecule has 7 rings (SSSR count). The van der Waals surface area contributed by atoms with Crippen molar-refractivity contribution in [2.45, 2.75) is 102 Å². The van der Waals surface area contributed by atoms with Gasteiger partial charge in [0, 0.05) is 66.2 Å². The summed E-state index contributed by atoms with van der Waals surface area (Å²) in [5.74, 6) is -2.48. The van der Waals surface area contributed by atoms with Gasteiger partial charge in [-0.1, -0.05) is 11.9 Å². The van der Waals surface area contributed by atoms with E-state index in [1.807, 2.05) is 37.6 Å². The molecule has 3 saturated heterocycles. The van der Waals surface area contributed by atoms with E-state index in [0.717, 1.165) is 89.8 Å². The Morgan fingerprint density at radius 2 is 1.71 bits per heavy atom. The number of allylic oxidation sites excluding steroid dienone is 1. The number of fused-ring (bicyclic) bond motifs is 1. The van der Waals surface area contributed by atoms with Crippen molar-refractivity contribution in [2.75, 3.05) is 61.1 Å². The van der Waals surface area contributed by atoms with Crippen molar-refractivity contribution in [3.05, 3.63) is 58.4 Å². The predicted molar refractivity (Wildman–Crippen MR) is 227 cm³/mol. The number of Topliss-reactive ketones (excluding diaryl/α,β-unsaturated/α-hetero) is 1. The lowest BCUT2D eigenvalue weighted by Gasteiger charge is -2.56. The lowest BCUT2D eigenvalue weighted by molar-refractivity contribution is -0.104. The molecular formula is C43H55F3N8O3S. The van der Waals surface area contributed by atoms with Crippen LogP contribution in [0.2, 0.25) is 0 Å². The normalized spacial score (nSPS) is 22.6. The molecule has 1 unspecified atom stereocenters. The largest absolute Gasteiger partial charge is 0.369 e. The molecule has 58 heavy (non-hydrogen) atoms. The van der Waals surface area contributed by atoms with Crippen molar-refractivity contribution in [2.24, 2.45) is 15.4 Å². The van der Waals surface area contributed by atoms with Crippen molar-refractivity contribution < 1.29 is 27.6 Å². The van der Waals surface area contributed by atoms with Crippen LogP contribution in [0.25, 0.3) is 5.70 Å². The molecule has 1 aliphatic carbocycles. The van der Waals surface area contributed by atoms with Crippen LogP contribution in [0.1, 0.15) is 98.4 Å². The third-order valence-electron chi connectivity index (χ3n) is 12.9. The maximum atomic E-state index is 15.3. The fraction of sp³-hybridized carbons (Fsp3) is 0.558. The van der Waals surface area contributed by atoms with Gasteiger partial charge in [0.15, 0.2) is 18.4 Å². The predicted octanol–water partition coefficient (Wildman–Crippen LogP) is 7.13. The van der Waals surface area contributed by atoms with Crippen LogP contribution >= 0.6 is 11.9 Å². The zero-order chi connectivity index (χ0) is 41.1. The first-order chi connectivity index (χ1) is 27.9. The number of hydrogen-bond acceptors (Lipinski definition) is 12. The standard InChI is InChI=1S/C43H55F3N8O3S/c1-27(2)54-28(3)50-42-36(45)17-29(19-39(42)54)41(47-4)37(46)23-48-26-49-31-5-13-53(14-6-31)58-33-7-11-51(12-8-33)32-21-43(22-32)9-15-52(16-10-43)38-20-34(40(57)25-56)30(24-55)18-35(38)44/h17-20,23-25,27-28,31-33,49-50H,4-16,21-22,26H2,1-3H3/b41-37+,48-23-. The zero-order valence-corrected chi connectivity index (χ0v) is 34.5. The van der Waals surface area contributed by atoms with E-state index < -0.39 is 23.2 Å². The first kappa shape index (κ1) is 42.1. The average molecular weight is 821 g/mol. The number of anilines is 3. The molecule has 312 valence electrons. The molecule has 4 aliphatic heterocycles. The summed E-state index contributed by atoms with van der Waals surface area (Å²) in [6, 6.07) is 6.46. The lowest BCUT2D eigenvalue weighted by atomic mass is 9.59. The van der Waals surface area contributed by atoms with Crippen LogP contribution in [0.15, 0.2) is 40.1 Å². The van der Waals surface area contributed by atoms with Crippen molar-refractivity contribution in [1.29, 1.82) is 0 Å². The van der Waals surface area contributed by atoms with E-state index in [9.17, 15) is 18.8 Å². The Kier molecular flexibility index (Phi) is 13.1. The molecule has 1 saturated carbocycles. The Morgan fingerprint density at radius 1 is 1.00 bits per heavy atom. The fourth-order valence-electron chi connectivity index (χ4n) is 9.71. The van der Waals surface area contributed by atoms with Gasteiger partial charge >= 0.3 is 0 Å². The van der Waals surface area contributed by atoms with Crippen LogP contribution in [0, 0.1) is 17.0 Å². The molecule has 4 heterocycles. The summed E-state index contributed by atoms with van der Waals surface area (Å²) in [5, 5.41) is 7.21. The topological polar surface area (TPSA) is 113 Å². The number of nitrogens with one attached hydrogen (secondary N) is 2. The van der Waals surface area contributed by atoms with E-state index in [-0.39, 0.29) is 53.1 Å². The number of ketones is 1. The van der Waals surface area contributed by atoms with Gasteiger partial charge in [0.2, 0.25) is 5.78 Å². The highest BCUT2D eigenvalue weighted by Gasteiger charge is 2.48. The molecule has 2 aromatic carbocycles. The first-order valence-corrected chi connectivity index (χ1v) is 21.4. The summed E-state index contributed by atoms with van der Waals surface area (Å²) >= 11 is 2.00. The first-order valence-electron chi connectivity index (χ1n) is 20.6. The molecule has 5 aliphatic rings. The summed E-state index contributed by atoms with van der Waals surface area (Å²) in [4.78, 5) is 49.3. The number of benzene rings is 2. The molecule has 2 N–H and O–H groups in total. The Bertz CT molecular complexity index is 1930. The second-order valence-electron chi connectivity index (χ2n) is 16.8. The number of hydrogen-bond donors (Lipinski definition) is 2. The molecule has 11 nitrogen and oxygen atoms in total. The molecule has 0 amide bonds. The minimum Gasteiger partial charge on any atom is -0.369 e. The van der Waals surface area contributed by atoms with Crippen LogP contribution < -0.4 is 20.4 Å². The number of aldehydes is 2. The van der Waals surface area contributed by atoms with Crippen LogP contribution in [0.5, 0.6) is 0 Å². The van der Waals surface area contributed by atoms with Gasteiger partial charge in [0.05, 0.1) is 36.1 Å². The van der Waals surface area contributed by atoms with E-state index in [2.05, 4.69) is 41.4 Å².